The van der Waals surface area contributed by atoms with Gasteiger partial charge in [0.25, 0.3) is 0 Å². The summed E-state index contributed by atoms with van der Waals surface area (Å²) in [6, 6.07) is 1.13. The van der Waals surface area contributed by atoms with Crippen molar-refractivity contribution in [1.82, 2.24) is 4.98 Å². The van der Waals surface area contributed by atoms with E-state index in [1.165, 1.54) is 0 Å². The van der Waals surface area contributed by atoms with Gasteiger partial charge in [0, 0.05) is 12.7 Å². The molecule has 2 heterocycles. The van der Waals surface area contributed by atoms with Gasteiger partial charge >= 0.3 is 6.18 Å². The largest absolute Gasteiger partial charge is 0.417 e. The zero-order valence-corrected chi connectivity index (χ0v) is 7.36. The highest BCUT2D eigenvalue weighted by molar-refractivity contribution is 5.51. The molecule has 0 aliphatic carbocycles. The van der Waals surface area contributed by atoms with E-state index in [1.807, 2.05) is 0 Å². The van der Waals surface area contributed by atoms with Gasteiger partial charge in [-0.3, -0.25) is 4.98 Å². The molecule has 14 heavy (non-hydrogen) atoms. The van der Waals surface area contributed by atoms with E-state index in [9.17, 15) is 13.2 Å². The lowest BCUT2D eigenvalue weighted by molar-refractivity contribution is -0.137. The van der Waals surface area contributed by atoms with Gasteiger partial charge in [-0.05, 0) is 18.9 Å². The molecule has 1 aliphatic rings. The lowest BCUT2D eigenvalue weighted by Gasteiger charge is -2.18. The molecule has 1 aromatic heterocycles. The van der Waals surface area contributed by atoms with Gasteiger partial charge in [0.1, 0.15) is 0 Å². The number of nitrogens with zero attached hydrogens (tertiary/aromatic N) is 1. The van der Waals surface area contributed by atoms with Crippen LogP contribution in [0, 0.1) is 0 Å². The maximum Gasteiger partial charge on any atom is 0.417 e. The van der Waals surface area contributed by atoms with Gasteiger partial charge in [0.05, 0.1) is 16.9 Å². The molecule has 0 saturated heterocycles. The van der Waals surface area contributed by atoms with Crippen molar-refractivity contribution in [2.75, 3.05) is 11.9 Å². The van der Waals surface area contributed by atoms with Gasteiger partial charge in [-0.2, -0.15) is 13.2 Å². The Morgan fingerprint density at radius 3 is 2.86 bits per heavy atom. The lowest BCUT2D eigenvalue weighted by atomic mass is 10.1. The quantitative estimate of drug-likeness (QED) is 0.699. The highest BCUT2D eigenvalue weighted by atomic mass is 19.4. The number of hydrogen-bond acceptors (Lipinski definition) is 2. The summed E-state index contributed by atoms with van der Waals surface area (Å²) < 4.78 is 36.9. The molecule has 76 valence electrons. The van der Waals surface area contributed by atoms with Crippen molar-refractivity contribution in [3.8, 4) is 0 Å². The molecule has 0 fully saturated rings. The van der Waals surface area contributed by atoms with Gasteiger partial charge < -0.3 is 5.32 Å². The van der Waals surface area contributed by atoms with Crippen LogP contribution in [-0.2, 0) is 12.6 Å². The Morgan fingerprint density at radius 2 is 2.14 bits per heavy atom. The van der Waals surface area contributed by atoms with Crippen molar-refractivity contribution in [2.24, 2.45) is 0 Å². The summed E-state index contributed by atoms with van der Waals surface area (Å²) in [4.78, 5) is 3.80. The average Bonchev–Trinajstić information content (AvgIpc) is 2.16. The van der Waals surface area contributed by atoms with E-state index in [1.54, 1.807) is 0 Å². The van der Waals surface area contributed by atoms with Crippen LogP contribution in [0.1, 0.15) is 17.7 Å². The Kier molecular flexibility index (Phi) is 2.09. The number of aryl methyl sites for hydroxylation is 1. The topological polar surface area (TPSA) is 24.9 Å². The molecule has 1 aromatic rings. The fraction of sp³-hybridized carbons (Fsp3) is 0.444. The maximum atomic E-state index is 12.3. The number of alkyl halides is 3. The molecule has 1 aliphatic heterocycles. The van der Waals surface area contributed by atoms with Crippen LogP contribution in [0.3, 0.4) is 0 Å². The minimum absolute atomic E-state index is 0.520. The van der Waals surface area contributed by atoms with Crippen LogP contribution in [0.4, 0.5) is 18.9 Å². The van der Waals surface area contributed by atoms with E-state index < -0.39 is 11.7 Å². The summed E-state index contributed by atoms with van der Waals surface area (Å²) in [7, 11) is 0. The lowest BCUT2D eigenvalue weighted by Crippen LogP contribution is -2.15. The molecule has 2 rings (SSSR count). The maximum absolute atomic E-state index is 12.3. The summed E-state index contributed by atoms with van der Waals surface area (Å²) in [5.74, 6) is 0. The fourth-order valence-electron chi connectivity index (χ4n) is 1.48. The fourth-order valence-corrected chi connectivity index (χ4v) is 1.48. The second kappa shape index (κ2) is 3.15. The van der Waals surface area contributed by atoms with Crippen molar-refractivity contribution >= 4 is 5.69 Å². The van der Waals surface area contributed by atoms with E-state index in [2.05, 4.69) is 10.3 Å². The van der Waals surface area contributed by atoms with Crippen LogP contribution < -0.4 is 5.32 Å². The van der Waals surface area contributed by atoms with E-state index in [0.717, 1.165) is 37.3 Å². The first-order valence-electron chi connectivity index (χ1n) is 4.37. The number of aromatic nitrogens is 1. The molecule has 0 atom stereocenters. The summed E-state index contributed by atoms with van der Waals surface area (Å²) in [6.45, 7) is 0.718. The molecule has 0 saturated carbocycles. The Bertz CT molecular complexity index is 346. The van der Waals surface area contributed by atoms with Gasteiger partial charge in [-0.15, -0.1) is 0 Å². The summed E-state index contributed by atoms with van der Waals surface area (Å²) in [5, 5.41) is 2.91. The Balaban J connectivity index is 2.39. The summed E-state index contributed by atoms with van der Waals surface area (Å²) in [5.41, 5.74) is 0.556. The second-order valence-corrected chi connectivity index (χ2v) is 3.25. The molecule has 0 radical (unpaired) electrons. The van der Waals surface area contributed by atoms with Crippen molar-refractivity contribution in [1.29, 1.82) is 0 Å². The van der Waals surface area contributed by atoms with Crippen molar-refractivity contribution < 1.29 is 13.2 Å². The molecule has 0 amide bonds. The molecule has 2 nitrogen and oxygen atoms in total. The standard InChI is InChI=1S/C9H9F3N2/c10-9(11,12)6-4-8-7(14-5-6)2-1-3-13-8/h4-5,13H,1-3H2. The number of pyridine rings is 1. The van der Waals surface area contributed by atoms with Gasteiger partial charge in [0.2, 0.25) is 0 Å². The Labute approximate surface area is 79.2 Å². The molecule has 0 unspecified atom stereocenters. The summed E-state index contributed by atoms with van der Waals surface area (Å²) >= 11 is 0. The van der Waals surface area contributed by atoms with Crippen LogP contribution in [0.5, 0.6) is 0 Å². The zero-order chi connectivity index (χ0) is 10.2. The van der Waals surface area contributed by atoms with Crippen molar-refractivity contribution in [3.05, 3.63) is 23.5 Å². The third kappa shape index (κ3) is 1.66. The normalized spacial score (nSPS) is 15.9. The molecular formula is C9H9F3N2. The van der Waals surface area contributed by atoms with Crippen molar-refractivity contribution in [2.45, 2.75) is 19.0 Å². The Hall–Kier alpha value is -1.26. The highest BCUT2D eigenvalue weighted by Gasteiger charge is 2.31. The summed E-state index contributed by atoms with van der Waals surface area (Å²) in [6.07, 6.45) is -1.74. The van der Waals surface area contributed by atoms with Crippen LogP contribution in [0.25, 0.3) is 0 Å². The second-order valence-electron chi connectivity index (χ2n) is 3.25. The predicted octanol–water partition coefficient (Wildman–Crippen LogP) is 2.46. The molecule has 0 spiro atoms. The van der Waals surface area contributed by atoms with Gasteiger partial charge in [-0.25, -0.2) is 0 Å². The molecular weight excluding hydrogens is 193 g/mol. The number of fused-ring (bicyclic) bond motifs is 1. The van der Waals surface area contributed by atoms with Crippen molar-refractivity contribution in [3.63, 3.8) is 0 Å². The number of anilines is 1. The molecule has 1 N–H and O–H groups in total. The molecule has 5 heteroatoms. The predicted molar refractivity (Wildman–Crippen MR) is 46.0 cm³/mol. The third-order valence-corrected chi connectivity index (χ3v) is 2.20. The minimum Gasteiger partial charge on any atom is -0.384 e. The number of rotatable bonds is 0. The number of nitrogens with one attached hydrogen (secondary N) is 1. The number of halogens is 3. The number of hydrogen-bond donors (Lipinski definition) is 1. The van der Waals surface area contributed by atoms with Crippen LogP contribution in [-0.4, -0.2) is 11.5 Å². The Morgan fingerprint density at radius 1 is 1.36 bits per heavy atom. The van der Waals surface area contributed by atoms with Crippen LogP contribution >= 0.6 is 0 Å². The third-order valence-electron chi connectivity index (χ3n) is 2.20. The minimum atomic E-state index is -4.30. The molecule has 0 bridgehead atoms. The first kappa shape index (κ1) is 9.30. The smallest absolute Gasteiger partial charge is 0.384 e. The van der Waals surface area contributed by atoms with E-state index in [0.29, 0.717) is 5.69 Å². The highest BCUT2D eigenvalue weighted by Crippen LogP contribution is 2.32. The first-order valence-corrected chi connectivity index (χ1v) is 4.37. The first-order chi connectivity index (χ1) is 6.57. The van der Waals surface area contributed by atoms with Crippen LogP contribution in [0.15, 0.2) is 12.3 Å². The monoisotopic (exact) mass is 202 g/mol. The van der Waals surface area contributed by atoms with E-state index in [4.69, 9.17) is 0 Å². The van der Waals surface area contributed by atoms with Gasteiger partial charge in [0.15, 0.2) is 0 Å². The average molecular weight is 202 g/mol. The molecule has 0 aromatic carbocycles. The van der Waals surface area contributed by atoms with Gasteiger partial charge in [-0.1, -0.05) is 0 Å². The van der Waals surface area contributed by atoms with E-state index in [-0.39, 0.29) is 0 Å². The SMILES string of the molecule is FC(F)(F)c1cnc2c(c1)NCCC2. The van der Waals surface area contributed by atoms with E-state index >= 15 is 0 Å². The zero-order valence-electron chi connectivity index (χ0n) is 7.36. The van der Waals surface area contributed by atoms with Crippen LogP contribution in [0.2, 0.25) is 0 Å².